The molecule has 0 spiro atoms. The lowest BCUT2D eigenvalue weighted by atomic mass is 10.1. The second-order valence-electron chi connectivity index (χ2n) is 8.18. The quantitative estimate of drug-likeness (QED) is 0.179. The first kappa shape index (κ1) is 27.5. The monoisotopic (exact) mass is 600 g/mol. The van der Waals surface area contributed by atoms with E-state index in [4.69, 9.17) is 74.3 Å². The van der Waals surface area contributed by atoms with Gasteiger partial charge in [0.1, 0.15) is 11.6 Å². The van der Waals surface area contributed by atoms with Gasteiger partial charge in [-0.2, -0.15) is 0 Å². The van der Waals surface area contributed by atoms with Crippen molar-refractivity contribution < 1.29 is 4.74 Å². The van der Waals surface area contributed by atoms with E-state index in [2.05, 4.69) is 4.90 Å². The Morgan fingerprint density at radius 1 is 0.806 bits per heavy atom. The second kappa shape index (κ2) is 12.8. The van der Waals surface area contributed by atoms with Gasteiger partial charge in [-0.05, 0) is 53.1 Å². The van der Waals surface area contributed by atoms with E-state index in [0.717, 1.165) is 16.7 Å². The lowest BCUT2D eigenvalue weighted by molar-refractivity contribution is 0.00721. The summed E-state index contributed by atoms with van der Waals surface area (Å²) in [6, 6.07) is 18.3. The molecule has 0 amide bonds. The van der Waals surface area contributed by atoms with Crippen LogP contribution in [-0.2, 0) is 11.3 Å². The molecule has 0 aliphatic carbocycles. The Balaban J connectivity index is 1.42. The number of rotatable bonds is 9. The Morgan fingerprint density at radius 3 is 2.17 bits per heavy atom. The van der Waals surface area contributed by atoms with E-state index in [1.165, 1.54) is 0 Å². The molecule has 1 heterocycles. The fourth-order valence-electron chi connectivity index (χ4n) is 3.69. The number of ether oxygens (including phenoxy) is 1. The van der Waals surface area contributed by atoms with Crippen LogP contribution in [0.1, 0.15) is 22.8 Å². The van der Waals surface area contributed by atoms with Gasteiger partial charge in [0, 0.05) is 44.1 Å². The summed E-state index contributed by atoms with van der Waals surface area (Å²) in [5, 5.41) is 2.98. The van der Waals surface area contributed by atoms with Gasteiger partial charge in [-0.15, -0.1) is 0 Å². The first-order valence-electron chi connectivity index (χ1n) is 11.0. The van der Waals surface area contributed by atoms with Crippen LogP contribution >= 0.6 is 69.6 Å². The molecule has 3 nitrogen and oxygen atoms in total. The van der Waals surface area contributed by atoms with Crippen molar-refractivity contribution in [3.05, 3.63) is 121 Å². The molecule has 3 aromatic carbocycles. The van der Waals surface area contributed by atoms with E-state index in [0.29, 0.717) is 38.3 Å². The highest BCUT2D eigenvalue weighted by molar-refractivity contribution is 6.36. The second-order valence-corrected chi connectivity index (χ2v) is 10.8. The smallest absolute Gasteiger partial charge is 0.135 e. The maximum Gasteiger partial charge on any atom is 0.135 e. The van der Waals surface area contributed by atoms with Crippen molar-refractivity contribution >= 4 is 75.7 Å². The van der Waals surface area contributed by atoms with Crippen LogP contribution in [0.3, 0.4) is 0 Å². The number of alkyl halides is 1. The maximum atomic E-state index is 6.98. The SMILES string of the molecule is Clc1ccc(C(OCc2ccc(Cl)cc2Cl)C(Cl)N2C=CN(C/C=C/c3ccc(Cl)cc3Cl)C2)cc1. The van der Waals surface area contributed by atoms with Crippen LogP contribution in [0.5, 0.6) is 0 Å². The molecule has 2 atom stereocenters. The number of hydrogen-bond acceptors (Lipinski definition) is 3. The van der Waals surface area contributed by atoms with Gasteiger partial charge >= 0.3 is 0 Å². The molecule has 3 aromatic rings. The third-order valence-corrected chi connectivity index (χ3v) is 7.49. The van der Waals surface area contributed by atoms with Gasteiger partial charge < -0.3 is 14.5 Å². The molecule has 9 heteroatoms. The van der Waals surface area contributed by atoms with Gasteiger partial charge in [0.05, 0.1) is 13.3 Å². The predicted octanol–water partition coefficient (Wildman–Crippen LogP) is 9.54. The van der Waals surface area contributed by atoms with Crippen LogP contribution in [0.15, 0.2) is 79.1 Å². The third-order valence-electron chi connectivity index (χ3n) is 5.61. The molecule has 1 aliphatic rings. The summed E-state index contributed by atoms with van der Waals surface area (Å²) in [6.45, 7) is 1.56. The van der Waals surface area contributed by atoms with E-state index in [-0.39, 0.29) is 6.61 Å². The highest BCUT2D eigenvalue weighted by Gasteiger charge is 2.29. The zero-order chi connectivity index (χ0) is 25.7. The molecule has 188 valence electrons. The molecular weight excluding hydrogens is 581 g/mol. The molecule has 4 rings (SSSR count). The minimum Gasteiger partial charge on any atom is -0.365 e. The first-order valence-corrected chi connectivity index (χ1v) is 13.4. The summed E-state index contributed by atoms with van der Waals surface area (Å²) in [5.74, 6) is 0. The lowest BCUT2D eigenvalue weighted by Crippen LogP contribution is -2.35. The lowest BCUT2D eigenvalue weighted by Gasteiger charge is -2.31. The van der Waals surface area contributed by atoms with E-state index in [9.17, 15) is 0 Å². The molecule has 0 saturated carbocycles. The van der Waals surface area contributed by atoms with Crippen molar-refractivity contribution in [3.8, 4) is 0 Å². The third kappa shape index (κ3) is 7.26. The van der Waals surface area contributed by atoms with E-state index in [1.807, 2.05) is 71.9 Å². The molecule has 2 unspecified atom stereocenters. The highest BCUT2D eigenvalue weighted by atomic mass is 35.5. The van der Waals surface area contributed by atoms with Crippen LogP contribution in [0.2, 0.25) is 25.1 Å². The summed E-state index contributed by atoms with van der Waals surface area (Å²) in [4.78, 5) is 4.15. The van der Waals surface area contributed by atoms with Crippen LogP contribution in [0, 0.1) is 0 Å². The van der Waals surface area contributed by atoms with E-state index < -0.39 is 11.6 Å². The molecule has 0 bridgehead atoms. The molecule has 0 radical (unpaired) electrons. The van der Waals surface area contributed by atoms with Gasteiger partial charge in [-0.1, -0.05) is 106 Å². The first-order chi connectivity index (χ1) is 17.3. The fraction of sp³-hybridized carbons (Fsp3) is 0.185. The van der Waals surface area contributed by atoms with Crippen LogP contribution in [-0.4, -0.2) is 28.5 Å². The van der Waals surface area contributed by atoms with Crippen molar-refractivity contribution in [3.63, 3.8) is 0 Å². The average molecular weight is 603 g/mol. The topological polar surface area (TPSA) is 15.7 Å². The summed E-state index contributed by atoms with van der Waals surface area (Å²) in [7, 11) is 0. The molecule has 0 saturated heterocycles. The molecular formula is C27H22Cl6N2O. The van der Waals surface area contributed by atoms with Crippen LogP contribution < -0.4 is 0 Å². The van der Waals surface area contributed by atoms with Crippen LogP contribution in [0.4, 0.5) is 0 Å². The summed E-state index contributed by atoms with van der Waals surface area (Å²) >= 11 is 37.7. The van der Waals surface area contributed by atoms with E-state index in [1.54, 1.807) is 18.2 Å². The van der Waals surface area contributed by atoms with Crippen molar-refractivity contribution in [2.24, 2.45) is 0 Å². The number of nitrogens with zero attached hydrogens (tertiary/aromatic N) is 2. The number of halogens is 6. The Kier molecular flexibility index (Phi) is 9.77. The van der Waals surface area contributed by atoms with Gasteiger partial charge in [-0.25, -0.2) is 0 Å². The maximum absolute atomic E-state index is 6.98. The Bertz CT molecular complexity index is 1250. The largest absolute Gasteiger partial charge is 0.365 e. The van der Waals surface area contributed by atoms with Gasteiger partial charge in [-0.3, -0.25) is 0 Å². The fourth-order valence-corrected chi connectivity index (χ4v) is 5.10. The van der Waals surface area contributed by atoms with E-state index >= 15 is 0 Å². The van der Waals surface area contributed by atoms with Crippen molar-refractivity contribution in [2.75, 3.05) is 13.2 Å². The summed E-state index contributed by atoms with van der Waals surface area (Å²) < 4.78 is 6.31. The van der Waals surface area contributed by atoms with Crippen molar-refractivity contribution in [2.45, 2.75) is 18.2 Å². The summed E-state index contributed by atoms with van der Waals surface area (Å²) in [5.41, 5.74) is 2.17. The number of benzene rings is 3. The normalized spacial score (nSPS) is 15.2. The zero-order valence-corrected chi connectivity index (χ0v) is 23.5. The molecule has 0 N–H and O–H groups in total. The molecule has 0 aromatic heterocycles. The predicted molar refractivity (Wildman–Crippen MR) is 153 cm³/mol. The van der Waals surface area contributed by atoms with Crippen LogP contribution in [0.25, 0.3) is 6.08 Å². The minimum absolute atomic E-state index is 0.276. The van der Waals surface area contributed by atoms with Gasteiger partial charge in [0.2, 0.25) is 0 Å². The Labute approximate surface area is 241 Å². The van der Waals surface area contributed by atoms with Crippen molar-refractivity contribution in [1.82, 2.24) is 9.80 Å². The average Bonchev–Trinajstić information content (AvgIpc) is 3.32. The van der Waals surface area contributed by atoms with Crippen molar-refractivity contribution in [1.29, 1.82) is 0 Å². The number of hydrogen-bond donors (Lipinski definition) is 0. The molecule has 1 aliphatic heterocycles. The molecule has 0 fully saturated rings. The Morgan fingerprint density at radius 2 is 1.47 bits per heavy atom. The zero-order valence-electron chi connectivity index (χ0n) is 18.9. The standard InChI is InChI=1S/C27H22Cl6N2O/c28-21-7-4-19(5-8-21)26(36-16-20-6-10-23(30)15-25(20)32)27(33)35-13-12-34(17-35)11-1-2-18-3-9-22(29)14-24(18)31/h1-10,12-15,26-27H,11,16-17H2/b2-1+. The summed E-state index contributed by atoms with van der Waals surface area (Å²) in [6.07, 6.45) is 7.54. The highest BCUT2D eigenvalue weighted by Crippen LogP contribution is 2.33. The van der Waals surface area contributed by atoms with Gasteiger partial charge in [0.15, 0.2) is 0 Å². The molecule has 36 heavy (non-hydrogen) atoms. The van der Waals surface area contributed by atoms with Gasteiger partial charge in [0.25, 0.3) is 0 Å². The minimum atomic E-state index is -0.479. The Hall–Kier alpha value is -1.56.